The van der Waals surface area contributed by atoms with Crippen molar-refractivity contribution in [1.82, 2.24) is 0 Å². The molecule has 5 heteroatoms. The molecule has 10 bridgehead atoms. The van der Waals surface area contributed by atoms with Crippen LogP contribution in [0.4, 0.5) is 0 Å². The molecule has 0 aliphatic heterocycles. The lowest BCUT2D eigenvalue weighted by molar-refractivity contribution is 0.395. The van der Waals surface area contributed by atoms with Gasteiger partial charge in [0, 0.05) is 32.1 Å². The summed E-state index contributed by atoms with van der Waals surface area (Å²) in [5.41, 5.74) is 17.2. The van der Waals surface area contributed by atoms with Gasteiger partial charge in [0.25, 0.3) is 0 Å². The summed E-state index contributed by atoms with van der Waals surface area (Å²) in [5, 5.41) is 0. The van der Waals surface area contributed by atoms with Gasteiger partial charge in [-0.25, -0.2) is 0 Å². The highest BCUT2D eigenvalue weighted by molar-refractivity contribution is 5.59. The predicted molar refractivity (Wildman–Crippen MR) is 203 cm³/mol. The molecule has 0 saturated heterocycles. The predicted octanol–water partition coefficient (Wildman–Crippen LogP) is 9.54. The van der Waals surface area contributed by atoms with Crippen molar-refractivity contribution in [2.24, 2.45) is 0 Å². The average Bonchev–Trinajstić information content (AvgIpc) is 3.04. The minimum absolute atomic E-state index is 0.676. The Morgan fingerprint density at radius 2 is 0.380 bits per heavy atom. The second kappa shape index (κ2) is 14.5. The molecule has 0 heterocycles. The monoisotopic (exact) mass is 670 g/mol. The van der Waals surface area contributed by atoms with Gasteiger partial charge in [-0.05, 0) is 90.3 Å². The number of hydrogen-bond acceptors (Lipinski definition) is 5. The quantitative estimate of drug-likeness (QED) is 0.183. The zero-order valence-electron chi connectivity index (χ0n) is 31.4. The van der Waals surface area contributed by atoms with Crippen molar-refractivity contribution in [1.29, 1.82) is 0 Å². The van der Waals surface area contributed by atoms with E-state index in [0.717, 1.165) is 84.4 Å². The van der Waals surface area contributed by atoms with Gasteiger partial charge in [0.1, 0.15) is 28.7 Å². The van der Waals surface area contributed by atoms with Gasteiger partial charge in [-0.15, -0.1) is 0 Å². The lowest BCUT2D eigenvalue weighted by atomic mass is 9.89. The van der Waals surface area contributed by atoms with Crippen molar-refractivity contribution < 1.29 is 23.7 Å². The van der Waals surface area contributed by atoms with Gasteiger partial charge < -0.3 is 23.7 Å². The molecule has 6 rings (SSSR count). The Morgan fingerprint density at radius 1 is 0.260 bits per heavy atom. The Labute approximate surface area is 298 Å². The normalized spacial score (nSPS) is 12.6. The Balaban J connectivity index is 1.66. The largest absolute Gasteiger partial charge is 0.496 e. The highest BCUT2D eigenvalue weighted by Gasteiger charge is 2.23. The molecular formula is C45H50O5. The highest BCUT2D eigenvalue weighted by Crippen LogP contribution is 2.40. The summed E-state index contributed by atoms with van der Waals surface area (Å²) in [6.07, 6.45) is 3.38. The first kappa shape index (κ1) is 34.9. The van der Waals surface area contributed by atoms with E-state index in [2.05, 4.69) is 95.3 Å². The molecular weight excluding hydrogens is 620 g/mol. The average molecular weight is 671 g/mol. The molecule has 5 aromatic carbocycles. The zero-order chi connectivity index (χ0) is 35.7. The van der Waals surface area contributed by atoms with Crippen molar-refractivity contribution in [3.8, 4) is 28.7 Å². The molecule has 0 fully saturated rings. The van der Waals surface area contributed by atoms with E-state index < -0.39 is 0 Å². The first-order valence-electron chi connectivity index (χ1n) is 17.4. The molecule has 50 heavy (non-hydrogen) atoms. The highest BCUT2D eigenvalue weighted by atomic mass is 16.5. The first-order valence-corrected chi connectivity index (χ1v) is 17.4. The molecule has 5 nitrogen and oxygen atoms in total. The van der Waals surface area contributed by atoms with E-state index in [1.54, 1.807) is 35.5 Å². The molecule has 260 valence electrons. The molecule has 0 saturated carbocycles. The maximum Gasteiger partial charge on any atom is 0.125 e. The van der Waals surface area contributed by atoms with E-state index in [1.807, 2.05) is 0 Å². The van der Waals surface area contributed by atoms with Gasteiger partial charge in [-0.3, -0.25) is 0 Å². The fraction of sp³-hybridized carbons (Fsp3) is 0.333. The van der Waals surface area contributed by atoms with Crippen LogP contribution in [0.5, 0.6) is 28.7 Å². The zero-order valence-corrected chi connectivity index (χ0v) is 31.4. The molecule has 0 N–H and O–H groups in total. The molecule has 0 aromatic heterocycles. The van der Waals surface area contributed by atoms with Crippen molar-refractivity contribution in [2.75, 3.05) is 35.5 Å². The summed E-state index contributed by atoms with van der Waals surface area (Å²) in [5.74, 6) is 4.49. The smallest absolute Gasteiger partial charge is 0.125 e. The lowest BCUT2D eigenvalue weighted by Gasteiger charge is -2.22. The van der Waals surface area contributed by atoms with Crippen LogP contribution < -0.4 is 23.7 Å². The number of benzene rings is 5. The third-order valence-electron chi connectivity index (χ3n) is 9.86. The molecule has 1 aliphatic rings. The van der Waals surface area contributed by atoms with Crippen LogP contribution in [0.25, 0.3) is 0 Å². The van der Waals surface area contributed by atoms with Crippen molar-refractivity contribution in [3.05, 3.63) is 144 Å². The van der Waals surface area contributed by atoms with Crippen LogP contribution in [0, 0.1) is 34.6 Å². The van der Waals surface area contributed by atoms with Gasteiger partial charge in [0.15, 0.2) is 0 Å². The number of methoxy groups -OCH3 is 5. The maximum absolute atomic E-state index is 6.23. The van der Waals surface area contributed by atoms with Crippen LogP contribution in [-0.4, -0.2) is 35.5 Å². The topological polar surface area (TPSA) is 46.2 Å². The summed E-state index contributed by atoms with van der Waals surface area (Å²) in [6.45, 7) is 10.8. The number of hydrogen-bond donors (Lipinski definition) is 0. The van der Waals surface area contributed by atoms with Crippen LogP contribution >= 0.6 is 0 Å². The van der Waals surface area contributed by atoms with Gasteiger partial charge in [0.2, 0.25) is 0 Å². The number of ether oxygens (including phenoxy) is 5. The second-order valence-electron chi connectivity index (χ2n) is 14.0. The van der Waals surface area contributed by atoms with E-state index in [9.17, 15) is 0 Å². The SMILES string of the molecule is COc1c2cc(C)cc1Cc1cc(C)cc(c1OC)Cc1cc(C)cc(c1OC)Cc1cc(C)cc(c1OC)Cc1cc(C)cc(c1OC)C2. The molecule has 0 amide bonds. The third-order valence-corrected chi connectivity index (χ3v) is 9.86. The fourth-order valence-corrected chi connectivity index (χ4v) is 8.29. The Hall–Kier alpha value is -4.90. The van der Waals surface area contributed by atoms with Crippen molar-refractivity contribution in [2.45, 2.75) is 66.7 Å². The minimum atomic E-state index is 0.676. The van der Waals surface area contributed by atoms with Crippen LogP contribution in [0.1, 0.15) is 83.5 Å². The fourth-order valence-electron chi connectivity index (χ4n) is 8.29. The standard InChI is InChI=1S/C45H50O5/c1-26-11-31-21-33-13-27(2)15-35(42(33)47-7)23-37-17-29(4)19-39(44(37)49-9)25-40-20-30(5)18-38(45(40)50-10)24-36-16-28(3)14-34(43(36)48-8)22-32(12-26)41(31)46-6/h11-20H,21-25H2,1-10H3. The Bertz CT molecular complexity index is 1610. The number of fused-ring (bicyclic) bond motifs is 10. The van der Waals surface area contributed by atoms with Gasteiger partial charge >= 0.3 is 0 Å². The summed E-state index contributed by atoms with van der Waals surface area (Å²) < 4.78 is 31.1. The van der Waals surface area contributed by atoms with Crippen LogP contribution in [0.3, 0.4) is 0 Å². The van der Waals surface area contributed by atoms with Crippen molar-refractivity contribution in [3.63, 3.8) is 0 Å². The Morgan fingerprint density at radius 3 is 0.480 bits per heavy atom. The van der Waals surface area contributed by atoms with E-state index in [1.165, 1.54) is 27.8 Å². The number of rotatable bonds is 5. The number of aryl methyl sites for hydroxylation is 5. The van der Waals surface area contributed by atoms with Gasteiger partial charge in [0.05, 0.1) is 35.5 Å². The molecule has 0 spiro atoms. The minimum Gasteiger partial charge on any atom is -0.496 e. The summed E-state index contributed by atoms with van der Waals surface area (Å²) in [7, 11) is 8.87. The van der Waals surface area contributed by atoms with Crippen LogP contribution in [-0.2, 0) is 32.1 Å². The second-order valence-corrected chi connectivity index (χ2v) is 14.0. The van der Waals surface area contributed by atoms with Gasteiger partial charge in [-0.1, -0.05) is 88.5 Å². The molecule has 0 radical (unpaired) electrons. The van der Waals surface area contributed by atoms with Crippen LogP contribution in [0.2, 0.25) is 0 Å². The molecule has 0 unspecified atom stereocenters. The van der Waals surface area contributed by atoms with E-state index >= 15 is 0 Å². The first-order chi connectivity index (χ1) is 24.0. The van der Waals surface area contributed by atoms with E-state index in [0.29, 0.717) is 32.1 Å². The van der Waals surface area contributed by atoms with Crippen LogP contribution in [0.15, 0.2) is 60.7 Å². The Kier molecular flexibility index (Phi) is 10.2. The molecule has 5 aromatic rings. The van der Waals surface area contributed by atoms with Crippen molar-refractivity contribution >= 4 is 0 Å². The summed E-state index contributed by atoms with van der Waals surface area (Å²) in [4.78, 5) is 0. The molecule has 1 aliphatic carbocycles. The summed E-state index contributed by atoms with van der Waals surface area (Å²) in [6, 6.07) is 22.4. The van der Waals surface area contributed by atoms with E-state index in [-0.39, 0.29) is 0 Å². The lowest BCUT2D eigenvalue weighted by Crippen LogP contribution is -2.07. The summed E-state index contributed by atoms with van der Waals surface area (Å²) >= 11 is 0. The maximum atomic E-state index is 6.23. The van der Waals surface area contributed by atoms with E-state index in [4.69, 9.17) is 23.7 Å². The van der Waals surface area contributed by atoms with Gasteiger partial charge in [-0.2, -0.15) is 0 Å². The third kappa shape index (κ3) is 6.92. The molecule has 0 atom stereocenters.